The zero-order chi connectivity index (χ0) is 13.7. The number of hydrogen-bond acceptors (Lipinski definition) is 3. The second-order valence-corrected chi connectivity index (χ2v) is 6.24. The molecule has 2 nitrogen and oxygen atoms in total. The summed E-state index contributed by atoms with van der Waals surface area (Å²) in [6.07, 6.45) is -0.270. The van der Waals surface area contributed by atoms with Crippen LogP contribution in [0.4, 0.5) is 0 Å². The molecule has 0 aliphatic heterocycles. The minimum absolute atomic E-state index is 0.270. The molecule has 0 spiro atoms. The van der Waals surface area contributed by atoms with E-state index in [1.165, 1.54) is 15.3 Å². The topological polar surface area (TPSA) is 32.3 Å². The Labute approximate surface area is 119 Å². The summed E-state index contributed by atoms with van der Waals surface area (Å²) in [5, 5.41) is 13.0. The van der Waals surface area contributed by atoms with Crippen LogP contribution in [0.15, 0.2) is 42.5 Å². The molecule has 1 heterocycles. The Morgan fingerprint density at radius 1 is 1.11 bits per heavy atom. The summed E-state index contributed by atoms with van der Waals surface area (Å²) in [4.78, 5) is 2.59. The highest BCUT2D eigenvalue weighted by Crippen LogP contribution is 2.27. The van der Waals surface area contributed by atoms with E-state index in [4.69, 9.17) is 0 Å². The van der Waals surface area contributed by atoms with Crippen LogP contribution in [-0.4, -0.2) is 17.8 Å². The minimum Gasteiger partial charge on any atom is -0.392 e. The van der Waals surface area contributed by atoms with E-state index >= 15 is 0 Å². The normalized spacial score (nSPS) is 12.8. The quantitative estimate of drug-likeness (QED) is 0.845. The molecule has 0 bridgehead atoms. The molecule has 0 fully saturated rings. The van der Waals surface area contributed by atoms with Gasteiger partial charge < -0.3 is 10.4 Å². The fourth-order valence-corrected chi connectivity index (χ4v) is 2.79. The van der Waals surface area contributed by atoms with Gasteiger partial charge in [-0.15, -0.1) is 11.3 Å². The van der Waals surface area contributed by atoms with Crippen molar-refractivity contribution in [2.24, 2.45) is 5.92 Å². The third-order valence-electron chi connectivity index (χ3n) is 3.14. The van der Waals surface area contributed by atoms with Crippen molar-refractivity contribution in [2.75, 3.05) is 6.54 Å². The molecule has 0 radical (unpaired) electrons. The smallest absolute Gasteiger partial charge is 0.0687 e. The Morgan fingerprint density at radius 2 is 1.84 bits per heavy atom. The molecule has 0 saturated heterocycles. The Kier molecular flexibility index (Phi) is 5.14. The second kappa shape index (κ2) is 6.85. The van der Waals surface area contributed by atoms with Crippen LogP contribution in [0, 0.1) is 5.92 Å². The Balaban J connectivity index is 1.88. The van der Waals surface area contributed by atoms with Gasteiger partial charge in [0.15, 0.2) is 0 Å². The van der Waals surface area contributed by atoms with Gasteiger partial charge in [-0.05, 0) is 23.6 Å². The molecule has 2 rings (SSSR count). The van der Waals surface area contributed by atoms with Crippen molar-refractivity contribution < 1.29 is 5.11 Å². The van der Waals surface area contributed by atoms with Crippen LogP contribution in [0.1, 0.15) is 18.7 Å². The molecule has 0 saturated carbocycles. The zero-order valence-corrected chi connectivity index (χ0v) is 12.3. The molecule has 2 N–H and O–H groups in total. The molecule has 2 aromatic rings. The maximum atomic E-state index is 9.73. The highest BCUT2D eigenvalue weighted by molar-refractivity contribution is 7.15. The van der Waals surface area contributed by atoms with Gasteiger partial charge in [0.1, 0.15) is 0 Å². The lowest BCUT2D eigenvalue weighted by Crippen LogP contribution is -2.29. The lowest BCUT2D eigenvalue weighted by molar-refractivity contribution is 0.123. The van der Waals surface area contributed by atoms with Gasteiger partial charge in [0.2, 0.25) is 0 Å². The SMILES string of the molecule is CC(C)C(O)CNCc1ccc(-c2ccccc2)s1. The maximum Gasteiger partial charge on any atom is 0.0687 e. The molecule has 1 aromatic carbocycles. The van der Waals surface area contributed by atoms with Gasteiger partial charge in [-0.3, -0.25) is 0 Å². The summed E-state index contributed by atoms with van der Waals surface area (Å²) in [5.41, 5.74) is 1.26. The van der Waals surface area contributed by atoms with Gasteiger partial charge in [-0.1, -0.05) is 44.2 Å². The number of hydrogen-bond donors (Lipinski definition) is 2. The predicted octanol–water partition coefficient (Wildman–Crippen LogP) is 3.52. The largest absolute Gasteiger partial charge is 0.392 e. The molecular formula is C16H21NOS. The molecule has 19 heavy (non-hydrogen) atoms. The molecule has 0 aliphatic rings. The third-order valence-corrected chi connectivity index (χ3v) is 4.28. The van der Waals surface area contributed by atoms with E-state index in [1.54, 1.807) is 11.3 Å². The average Bonchev–Trinajstić information content (AvgIpc) is 2.88. The monoisotopic (exact) mass is 275 g/mol. The number of thiophene rings is 1. The third kappa shape index (κ3) is 4.16. The van der Waals surface area contributed by atoms with Crippen molar-refractivity contribution in [1.29, 1.82) is 0 Å². The minimum atomic E-state index is -0.270. The molecule has 1 unspecified atom stereocenters. The van der Waals surface area contributed by atoms with Crippen LogP contribution in [0.5, 0.6) is 0 Å². The van der Waals surface area contributed by atoms with Crippen molar-refractivity contribution in [3.63, 3.8) is 0 Å². The van der Waals surface area contributed by atoms with E-state index < -0.39 is 0 Å². The first-order valence-electron chi connectivity index (χ1n) is 6.69. The molecule has 3 heteroatoms. The van der Waals surface area contributed by atoms with E-state index in [9.17, 15) is 5.11 Å². The standard InChI is InChI=1S/C16H21NOS/c1-12(2)15(18)11-17-10-14-8-9-16(19-14)13-6-4-3-5-7-13/h3-9,12,15,17-18H,10-11H2,1-2H3. The average molecular weight is 275 g/mol. The molecule has 1 aromatic heterocycles. The van der Waals surface area contributed by atoms with Crippen molar-refractivity contribution in [3.05, 3.63) is 47.3 Å². The van der Waals surface area contributed by atoms with Crippen LogP contribution in [0.3, 0.4) is 0 Å². The summed E-state index contributed by atoms with van der Waals surface area (Å²) in [6.45, 7) is 5.54. The molecular weight excluding hydrogens is 254 g/mol. The van der Waals surface area contributed by atoms with Crippen LogP contribution in [-0.2, 0) is 6.54 Å². The highest BCUT2D eigenvalue weighted by Gasteiger charge is 2.08. The zero-order valence-electron chi connectivity index (χ0n) is 11.5. The van der Waals surface area contributed by atoms with Crippen LogP contribution in [0.25, 0.3) is 10.4 Å². The summed E-state index contributed by atoms with van der Waals surface area (Å²) in [5.74, 6) is 0.302. The van der Waals surface area contributed by atoms with Crippen LogP contribution < -0.4 is 5.32 Å². The van der Waals surface area contributed by atoms with Crippen molar-refractivity contribution in [2.45, 2.75) is 26.5 Å². The van der Waals surface area contributed by atoms with E-state index in [0.29, 0.717) is 12.5 Å². The van der Waals surface area contributed by atoms with E-state index in [-0.39, 0.29) is 6.10 Å². The Morgan fingerprint density at radius 3 is 2.53 bits per heavy atom. The first-order valence-corrected chi connectivity index (χ1v) is 7.51. The van der Waals surface area contributed by atoms with E-state index in [1.807, 2.05) is 19.9 Å². The fraction of sp³-hybridized carbons (Fsp3) is 0.375. The Hall–Kier alpha value is -1.16. The van der Waals surface area contributed by atoms with Gasteiger partial charge in [0, 0.05) is 22.8 Å². The van der Waals surface area contributed by atoms with Gasteiger partial charge >= 0.3 is 0 Å². The molecule has 0 amide bonds. The first-order chi connectivity index (χ1) is 9.16. The Bertz CT molecular complexity index is 492. The predicted molar refractivity (Wildman–Crippen MR) is 82.3 cm³/mol. The van der Waals surface area contributed by atoms with Gasteiger partial charge in [-0.25, -0.2) is 0 Å². The molecule has 0 aliphatic carbocycles. The summed E-state index contributed by atoms with van der Waals surface area (Å²) >= 11 is 1.80. The van der Waals surface area contributed by atoms with E-state index in [0.717, 1.165) is 6.54 Å². The molecule has 102 valence electrons. The number of nitrogens with one attached hydrogen (secondary N) is 1. The lowest BCUT2D eigenvalue weighted by atomic mass is 10.1. The summed E-state index contributed by atoms with van der Waals surface area (Å²) < 4.78 is 0. The summed E-state index contributed by atoms with van der Waals surface area (Å²) in [7, 11) is 0. The fourth-order valence-electron chi connectivity index (χ4n) is 1.81. The second-order valence-electron chi connectivity index (χ2n) is 5.07. The number of aliphatic hydroxyl groups is 1. The van der Waals surface area contributed by atoms with Crippen molar-refractivity contribution in [3.8, 4) is 10.4 Å². The van der Waals surface area contributed by atoms with Crippen LogP contribution in [0.2, 0.25) is 0 Å². The van der Waals surface area contributed by atoms with E-state index in [2.05, 4.69) is 41.7 Å². The maximum absolute atomic E-state index is 9.73. The molecule has 1 atom stereocenters. The van der Waals surface area contributed by atoms with Crippen molar-refractivity contribution >= 4 is 11.3 Å². The van der Waals surface area contributed by atoms with Gasteiger partial charge in [0.05, 0.1) is 6.10 Å². The first kappa shape index (κ1) is 14.3. The summed E-state index contributed by atoms with van der Waals surface area (Å²) in [6, 6.07) is 14.7. The number of aliphatic hydroxyl groups excluding tert-OH is 1. The highest BCUT2D eigenvalue weighted by atomic mass is 32.1. The van der Waals surface area contributed by atoms with Crippen LogP contribution >= 0.6 is 11.3 Å². The van der Waals surface area contributed by atoms with Gasteiger partial charge in [-0.2, -0.15) is 0 Å². The van der Waals surface area contributed by atoms with Gasteiger partial charge in [0.25, 0.3) is 0 Å². The number of benzene rings is 1. The van der Waals surface area contributed by atoms with Crippen molar-refractivity contribution in [1.82, 2.24) is 5.32 Å². The lowest BCUT2D eigenvalue weighted by Gasteiger charge is -2.14. The number of rotatable bonds is 6.